The molecule has 11 heteroatoms. The van der Waals surface area contributed by atoms with Gasteiger partial charge < -0.3 is 28.8 Å². The molecule has 2 aromatic carbocycles. The van der Waals surface area contributed by atoms with Crippen LogP contribution in [0.3, 0.4) is 0 Å². The number of aromatic nitrogens is 1. The average molecular weight is 538 g/mol. The Kier molecular flexibility index (Phi) is 7.96. The van der Waals surface area contributed by atoms with Gasteiger partial charge in [0.1, 0.15) is 29.9 Å². The van der Waals surface area contributed by atoms with Crippen LogP contribution in [0.15, 0.2) is 63.5 Å². The highest BCUT2D eigenvalue weighted by molar-refractivity contribution is 7.07. The molecule has 0 bridgehead atoms. The van der Waals surface area contributed by atoms with E-state index in [1.807, 2.05) is 0 Å². The van der Waals surface area contributed by atoms with Gasteiger partial charge in [-0.3, -0.25) is 9.36 Å². The lowest BCUT2D eigenvalue weighted by molar-refractivity contribution is -0.307. The van der Waals surface area contributed by atoms with Crippen LogP contribution in [-0.2, 0) is 14.3 Å². The van der Waals surface area contributed by atoms with Gasteiger partial charge >= 0.3 is 5.97 Å². The lowest BCUT2D eigenvalue weighted by atomic mass is 9.95. The first-order valence-corrected chi connectivity index (χ1v) is 12.4. The number of carbonyl (C=O) groups excluding carboxylic acids is 2. The quantitative estimate of drug-likeness (QED) is 0.369. The van der Waals surface area contributed by atoms with Crippen LogP contribution in [0.1, 0.15) is 31.0 Å². The molecule has 0 N–H and O–H groups in total. The number of benzene rings is 2. The number of methoxy groups -OCH3 is 2. The molecule has 2 heterocycles. The van der Waals surface area contributed by atoms with Crippen LogP contribution in [0.4, 0.5) is 0 Å². The highest BCUT2D eigenvalue weighted by Crippen LogP contribution is 2.37. The highest BCUT2D eigenvalue weighted by atomic mass is 32.1. The van der Waals surface area contributed by atoms with Crippen molar-refractivity contribution in [2.45, 2.75) is 19.9 Å². The van der Waals surface area contributed by atoms with Crippen molar-refractivity contribution in [1.82, 2.24) is 4.57 Å². The Morgan fingerprint density at radius 2 is 1.82 bits per heavy atom. The second kappa shape index (κ2) is 11.3. The van der Waals surface area contributed by atoms with Crippen molar-refractivity contribution in [1.29, 1.82) is 0 Å². The summed E-state index contributed by atoms with van der Waals surface area (Å²) in [4.78, 5) is 42.4. The number of carboxylic acids is 1. The van der Waals surface area contributed by atoms with Crippen molar-refractivity contribution in [3.8, 4) is 17.2 Å². The van der Waals surface area contributed by atoms with Gasteiger partial charge in [0.05, 0.1) is 42.6 Å². The van der Waals surface area contributed by atoms with E-state index in [1.54, 1.807) is 62.4 Å². The van der Waals surface area contributed by atoms with Crippen LogP contribution < -0.4 is 34.2 Å². The monoisotopic (exact) mass is 537 g/mol. The molecule has 1 aromatic heterocycles. The maximum Gasteiger partial charge on any atom is 0.338 e. The summed E-state index contributed by atoms with van der Waals surface area (Å²) in [5.41, 5.74) is 1.60. The van der Waals surface area contributed by atoms with Crippen LogP contribution in [0.25, 0.3) is 6.08 Å². The molecule has 1 aliphatic rings. The Hall–Kier alpha value is -4.38. The Bertz CT molecular complexity index is 1580. The molecule has 0 saturated heterocycles. The molecule has 0 saturated carbocycles. The van der Waals surface area contributed by atoms with Gasteiger partial charge in [-0.05, 0) is 49.8 Å². The van der Waals surface area contributed by atoms with Crippen LogP contribution in [0.2, 0.25) is 0 Å². The second-order valence-electron chi connectivity index (χ2n) is 8.14. The summed E-state index contributed by atoms with van der Waals surface area (Å²) in [6, 6.07) is 10.9. The molecule has 1 aliphatic heterocycles. The fourth-order valence-corrected chi connectivity index (χ4v) is 5.13. The van der Waals surface area contributed by atoms with Crippen LogP contribution in [0.5, 0.6) is 17.2 Å². The molecular formula is C27H25N2O8S-. The number of rotatable bonds is 9. The molecule has 0 amide bonds. The number of aliphatic carboxylic acids is 1. The standard InChI is InChI=1S/C27H26N2O8S/c1-5-36-26(33)23-15(2)28-27-29(24(23)19-11-10-18(34-3)13-20(19)35-4)25(32)21(38-27)12-16-6-8-17(9-7-16)37-14-22(30)31/h6-13,24H,5,14H2,1-4H3,(H,30,31)/p-1/b21-12-/t24-/m1/s1. The molecule has 38 heavy (non-hydrogen) atoms. The summed E-state index contributed by atoms with van der Waals surface area (Å²) >= 11 is 1.18. The van der Waals surface area contributed by atoms with Crippen molar-refractivity contribution in [2.24, 2.45) is 4.99 Å². The number of hydrogen-bond acceptors (Lipinski definition) is 10. The molecule has 0 aliphatic carbocycles. The van der Waals surface area contributed by atoms with Crippen molar-refractivity contribution in [3.05, 3.63) is 84.5 Å². The van der Waals surface area contributed by atoms with Crippen molar-refractivity contribution < 1.29 is 33.6 Å². The van der Waals surface area contributed by atoms with Crippen molar-refractivity contribution in [3.63, 3.8) is 0 Å². The first kappa shape index (κ1) is 26.7. The molecule has 3 aromatic rings. The summed E-state index contributed by atoms with van der Waals surface area (Å²) in [5.74, 6) is -0.543. The zero-order chi connectivity index (χ0) is 27.4. The normalized spacial score (nSPS) is 14.9. The highest BCUT2D eigenvalue weighted by Gasteiger charge is 2.35. The fourth-order valence-electron chi connectivity index (χ4n) is 4.08. The second-order valence-corrected chi connectivity index (χ2v) is 9.15. The Labute approximate surface area is 221 Å². The number of carbonyl (C=O) groups is 2. The zero-order valence-electron chi connectivity index (χ0n) is 21.2. The first-order valence-electron chi connectivity index (χ1n) is 11.6. The Morgan fingerprint density at radius 1 is 1.11 bits per heavy atom. The molecule has 0 fully saturated rings. The third-order valence-corrected chi connectivity index (χ3v) is 6.77. The van der Waals surface area contributed by atoms with E-state index in [-0.39, 0.29) is 17.7 Å². The van der Waals surface area contributed by atoms with Gasteiger partial charge in [-0.15, -0.1) is 0 Å². The van der Waals surface area contributed by atoms with Gasteiger partial charge in [0.2, 0.25) is 0 Å². The summed E-state index contributed by atoms with van der Waals surface area (Å²) in [7, 11) is 3.04. The number of thiazole rings is 1. The Balaban J connectivity index is 1.86. The van der Waals surface area contributed by atoms with E-state index in [1.165, 1.54) is 30.1 Å². The van der Waals surface area contributed by atoms with Gasteiger partial charge in [0.15, 0.2) is 4.80 Å². The minimum atomic E-state index is -1.32. The number of allylic oxidation sites excluding steroid dienone is 1. The SMILES string of the molecule is CCOC(=O)C1=C(C)N=c2s/c(=C\c3ccc(OCC(=O)[O-])cc3)c(=O)n2[C@@H]1c1ccc(OC)cc1OC. The molecule has 10 nitrogen and oxygen atoms in total. The number of ether oxygens (including phenoxy) is 4. The largest absolute Gasteiger partial charge is 0.546 e. The first-order chi connectivity index (χ1) is 18.3. The number of nitrogens with zero attached hydrogens (tertiary/aromatic N) is 2. The maximum atomic E-state index is 13.7. The predicted octanol–water partition coefficient (Wildman–Crippen LogP) is 0.944. The van der Waals surface area contributed by atoms with E-state index in [4.69, 9.17) is 18.9 Å². The van der Waals surface area contributed by atoms with Gasteiger partial charge in [-0.25, -0.2) is 9.79 Å². The summed E-state index contributed by atoms with van der Waals surface area (Å²) in [6.07, 6.45) is 1.69. The van der Waals surface area contributed by atoms with Crippen molar-refractivity contribution in [2.75, 3.05) is 27.4 Å². The van der Waals surface area contributed by atoms with E-state index in [2.05, 4.69) is 4.99 Å². The van der Waals surface area contributed by atoms with Gasteiger partial charge in [0, 0.05) is 11.6 Å². The topological polar surface area (TPSA) is 128 Å². The van der Waals surface area contributed by atoms with E-state index < -0.39 is 24.6 Å². The molecule has 0 unspecified atom stereocenters. The lowest BCUT2D eigenvalue weighted by Crippen LogP contribution is -2.40. The fraction of sp³-hybridized carbons (Fsp3) is 0.259. The minimum Gasteiger partial charge on any atom is -0.546 e. The third kappa shape index (κ3) is 5.32. The van der Waals surface area contributed by atoms with Crippen molar-refractivity contribution >= 4 is 29.4 Å². The van der Waals surface area contributed by atoms with E-state index >= 15 is 0 Å². The lowest BCUT2D eigenvalue weighted by Gasteiger charge is -2.26. The smallest absolute Gasteiger partial charge is 0.338 e. The average Bonchev–Trinajstić information content (AvgIpc) is 3.21. The van der Waals surface area contributed by atoms with Gasteiger partial charge in [-0.2, -0.15) is 0 Å². The molecule has 4 rings (SSSR count). The molecule has 1 atom stereocenters. The predicted molar refractivity (Wildman–Crippen MR) is 137 cm³/mol. The molecule has 198 valence electrons. The number of hydrogen-bond donors (Lipinski definition) is 0. The molecule has 0 radical (unpaired) electrons. The molecular weight excluding hydrogens is 512 g/mol. The van der Waals surface area contributed by atoms with Crippen LogP contribution >= 0.6 is 11.3 Å². The van der Waals surface area contributed by atoms with E-state index in [0.29, 0.717) is 43.4 Å². The van der Waals surface area contributed by atoms with Crippen LogP contribution in [-0.4, -0.2) is 43.9 Å². The van der Waals surface area contributed by atoms with E-state index in [9.17, 15) is 19.5 Å². The zero-order valence-corrected chi connectivity index (χ0v) is 22.0. The van der Waals surface area contributed by atoms with Gasteiger partial charge in [0.25, 0.3) is 5.56 Å². The third-order valence-electron chi connectivity index (χ3n) is 5.79. The minimum absolute atomic E-state index is 0.162. The van der Waals surface area contributed by atoms with E-state index in [0.717, 1.165) is 0 Å². The number of esters is 1. The van der Waals surface area contributed by atoms with Crippen LogP contribution in [0, 0.1) is 0 Å². The molecule has 0 spiro atoms. The summed E-state index contributed by atoms with van der Waals surface area (Å²) in [6.45, 7) is 3.02. The Morgan fingerprint density at radius 3 is 2.45 bits per heavy atom. The number of fused-ring (bicyclic) bond motifs is 1. The van der Waals surface area contributed by atoms with Gasteiger partial charge in [-0.1, -0.05) is 23.5 Å². The summed E-state index contributed by atoms with van der Waals surface area (Å²) in [5, 5.41) is 10.6. The maximum absolute atomic E-state index is 13.7. The number of carboxylic acid groups (broad SMARTS) is 1. The summed E-state index contributed by atoms with van der Waals surface area (Å²) < 4.78 is 23.2.